The summed E-state index contributed by atoms with van der Waals surface area (Å²) in [4.78, 5) is 16.7. The minimum absolute atomic E-state index is 0.248. The Balaban J connectivity index is 1.40. The van der Waals surface area contributed by atoms with E-state index in [9.17, 15) is 4.79 Å². The third-order valence-corrected chi connectivity index (χ3v) is 4.63. The highest BCUT2D eigenvalue weighted by molar-refractivity contribution is 7.13. The van der Waals surface area contributed by atoms with Crippen molar-refractivity contribution in [3.63, 3.8) is 0 Å². The Bertz CT molecular complexity index is 1030. The van der Waals surface area contributed by atoms with Crippen LogP contribution in [0.15, 0.2) is 58.7 Å². The van der Waals surface area contributed by atoms with Crippen LogP contribution in [-0.2, 0) is 13.6 Å². The van der Waals surface area contributed by atoms with Gasteiger partial charge in [0.25, 0.3) is 5.91 Å². The van der Waals surface area contributed by atoms with Gasteiger partial charge in [-0.25, -0.2) is 4.98 Å². The summed E-state index contributed by atoms with van der Waals surface area (Å²) in [6.45, 7) is 0.248. The molecule has 0 spiro atoms. The van der Waals surface area contributed by atoms with E-state index in [-0.39, 0.29) is 12.5 Å². The molecule has 130 valence electrons. The number of aryl methyl sites for hydroxylation is 1. The molecule has 0 aliphatic heterocycles. The molecule has 3 heterocycles. The third-order valence-electron chi connectivity index (χ3n) is 3.74. The predicted molar refractivity (Wildman–Crippen MR) is 97.4 cm³/mol. The van der Waals surface area contributed by atoms with Crippen LogP contribution in [-0.4, -0.2) is 25.8 Å². The molecular weight excluding hydrogens is 350 g/mol. The minimum atomic E-state index is -0.256. The smallest absolute Gasteiger partial charge is 0.271 e. The molecule has 1 aromatic carbocycles. The van der Waals surface area contributed by atoms with Crippen molar-refractivity contribution < 1.29 is 9.32 Å². The van der Waals surface area contributed by atoms with Gasteiger partial charge in [0.1, 0.15) is 16.4 Å². The van der Waals surface area contributed by atoms with Gasteiger partial charge in [-0.15, -0.1) is 11.3 Å². The van der Waals surface area contributed by atoms with Gasteiger partial charge in [0.2, 0.25) is 0 Å². The fraction of sp³-hybridized carbons (Fsp3) is 0.111. The van der Waals surface area contributed by atoms with Crippen LogP contribution in [0.5, 0.6) is 0 Å². The van der Waals surface area contributed by atoms with Crippen LogP contribution in [0.4, 0.5) is 0 Å². The summed E-state index contributed by atoms with van der Waals surface area (Å²) in [5.41, 5.74) is 2.97. The second-order valence-corrected chi connectivity index (χ2v) is 6.53. The lowest BCUT2D eigenvalue weighted by atomic mass is 10.1. The first-order valence-corrected chi connectivity index (χ1v) is 8.81. The van der Waals surface area contributed by atoms with Crippen LogP contribution >= 0.6 is 11.3 Å². The van der Waals surface area contributed by atoms with Crippen molar-refractivity contribution in [3.05, 3.63) is 65.6 Å². The summed E-state index contributed by atoms with van der Waals surface area (Å²) < 4.78 is 6.99. The Morgan fingerprint density at radius 2 is 2.12 bits per heavy atom. The lowest BCUT2D eigenvalue weighted by Crippen LogP contribution is -2.22. The summed E-state index contributed by atoms with van der Waals surface area (Å²) in [5, 5.41) is 13.4. The highest BCUT2D eigenvalue weighted by Gasteiger charge is 2.14. The maximum absolute atomic E-state index is 12.3. The molecule has 0 bridgehead atoms. The van der Waals surface area contributed by atoms with Crippen molar-refractivity contribution in [1.29, 1.82) is 0 Å². The number of rotatable bonds is 5. The van der Waals surface area contributed by atoms with Gasteiger partial charge in [0.05, 0.1) is 12.7 Å². The number of nitrogens with one attached hydrogen (secondary N) is 1. The molecule has 0 saturated heterocycles. The lowest BCUT2D eigenvalue weighted by molar-refractivity contribution is 0.0943. The van der Waals surface area contributed by atoms with Gasteiger partial charge in [-0.2, -0.15) is 5.10 Å². The maximum atomic E-state index is 12.3. The summed E-state index contributed by atoms with van der Waals surface area (Å²) in [7, 11) is 1.84. The van der Waals surface area contributed by atoms with Crippen LogP contribution in [0.1, 0.15) is 16.2 Å². The normalized spacial score (nSPS) is 10.8. The van der Waals surface area contributed by atoms with Gasteiger partial charge in [-0.3, -0.25) is 9.48 Å². The van der Waals surface area contributed by atoms with Crippen molar-refractivity contribution in [3.8, 4) is 21.8 Å². The van der Waals surface area contributed by atoms with Crippen LogP contribution in [0.3, 0.4) is 0 Å². The molecule has 4 rings (SSSR count). The van der Waals surface area contributed by atoms with E-state index in [1.165, 1.54) is 11.3 Å². The lowest BCUT2D eigenvalue weighted by Gasteiger charge is -1.98. The number of benzene rings is 1. The average Bonchev–Trinajstić information content (AvgIpc) is 3.40. The van der Waals surface area contributed by atoms with E-state index in [1.54, 1.807) is 16.3 Å². The Kier molecular flexibility index (Phi) is 4.32. The molecule has 4 aromatic rings. The summed E-state index contributed by atoms with van der Waals surface area (Å²) in [5.74, 6) is 0.328. The molecule has 0 radical (unpaired) electrons. The van der Waals surface area contributed by atoms with E-state index in [1.807, 2.05) is 49.6 Å². The molecule has 0 atom stereocenters. The number of amides is 1. The Morgan fingerprint density at radius 1 is 1.27 bits per heavy atom. The second-order valence-electron chi connectivity index (χ2n) is 5.67. The van der Waals surface area contributed by atoms with Gasteiger partial charge in [-0.1, -0.05) is 35.5 Å². The number of aromatic nitrogens is 4. The van der Waals surface area contributed by atoms with Crippen LogP contribution < -0.4 is 5.32 Å². The zero-order valence-electron chi connectivity index (χ0n) is 13.9. The molecule has 7 nitrogen and oxygen atoms in total. The Morgan fingerprint density at radius 3 is 2.88 bits per heavy atom. The van der Waals surface area contributed by atoms with Crippen molar-refractivity contribution >= 4 is 17.2 Å². The van der Waals surface area contributed by atoms with E-state index in [4.69, 9.17) is 4.52 Å². The first-order valence-electron chi connectivity index (χ1n) is 7.93. The van der Waals surface area contributed by atoms with Gasteiger partial charge < -0.3 is 9.84 Å². The molecule has 1 N–H and O–H groups in total. The number of hydrogen-bond donors (Lipinski definition) is 1. The van der Waals surface area contributed by atoms with E-state index >= 15 is 0 Å². The van der Waals surface area contributed by atoms with Crippen molar-refractivity contribution in [2.75, 3.05) is 0 Å². The zero-order valence-corrected chi connectivity index (χ0v) is 14.7. The topological polar surface area (TPSA) is 85.8 Å². The van der Waals surface area contributed by atoms with E-state index in [0.29, 0.717) is 11.5 Å². The fourth-order valence-electron chi connectivity index (χ4n) is 2.44. The van der Waals surface area contributed by atoms with Crippen LogP contribution in [0.25, 0.3) is 21.8 Å². The van der Waals surface area contributed by atoms with Crippen LogP contribution in [0.2, 0.25) is 0 Å². The molecule has 0 saturated carbocycles. The first-order chi connectivity index (χ1) is 12.7. The Hall–Kier alpha value is -3.26. The maximum Gasteiger partial charge on any atom is 0.271 e. The number of nitrogens with zero attached hydrogens (tertiary/aromatic N) is 4. The summed E-state index contributed by atoms with van der Waals surface area (Å²) >= 11 is 1.41. The second kappa shape index (κ2) is 6.93. The van der Waals surface area contributed by atoms with Gasteiger partial charge in [-0.05, 0) is 0 Å². The molecule has 0 aliphatic carbocycles. The molecular formula is C18H15N5O2S. The first kappa shape index (κ1) is 16.2. The number of carbonyl (C=O) groups is 1. The van der Waals surface area contributed by atoms with Crippen molar-refractivity contribution in [1.82, 2.24) is 25.2 Å². The third kappa shape index (κ3) is 3.40. The highest BCUT2D eigenvalue weighted by Crippen LogP contribution is 2.23. The molecule has 0 unspecified atom stereocenters. The standard InChI is InChI=1S/C18H15N5O2S/c1-23-10-13(8-20-23)18-21-16(11-26-18)17(24)19-9-14-7-15(22-25-14)12-5-3-2-4-6-12/h2-8,10-11H,9H2,1H3,(H,19,24). The SMILES string of the molecule is Cn1cc(-c2nc(C(=O)NCc3cc(-c4ccccc4)no3)cs2)cn1. The molecule has 1 amide bonds. The van der Waals surface area contributed by atoms with Gasteiger partial charge >= 0.3 is 0 Å². The molecule has 0 aliphatic rings. The summed E-state index contributed by atoms with van der Waals surface area (Å²) in [6, 6.07) is 11.5. The monoisotopic (exact) mass is 365 g/mol. The molecule has 8 heteroatoms. The van der Waals surface area contributed by atoms with Gasteiger partial charge in [0.15, 0.2) is 5.76 Å². The summed E-state index contributed by atoms with van der Waals surface area (Å²) in [6.07, 6.45) is 3.58. The fourth-order valence-corrected chi connectivity index (χ4v) is 3.22. The highest BCUT2D eigenvalue weighted by atomic mass is 32.1. The van der Waals surface area contributed by atoms with Crippen molar-refractivity contribution in [2.24, 2.45) is 7.05 Å². The van der Waals surface area contributed by atoms with E-state index in [2.05, 4.69) is 20.6 Å². The number of carbonyl (C=O) groups excluding carboxylic acids is 1. The predicted octanol–water partition coefficient (Wildman–Crippen LogP) is 3.13. The van der Waals surface area contributed by atoms with E-state index < -0.39 is 0 Å². The average molecular weight is 365 g/mol. The molecule has 26 heavy (non-hydrogen) atoms. The molecule has 0 fully saturated rings. The van der Waals surface area contributed by atoms with E-state index in [0.717, 1.165) is 21.8 Å². The quantitative estimate of drug-likeness (QED) is 0.587. The minimum Gasteiger partial charge on any atom is -0.359 e. The number of hydrogen-bond acceptors (Lipinski definition) is 6. The largest absolute Gasteiger partial charge is 0.359 e. The number of thiazole rings is 1. The van der Waals surface area contributed by atoms with Crippen LogP contribution in [0, 0.1) is 0 Å². The zero-order chi connectivity index (χ0) is 17.9. The molecule has 3 aromatic heterocycles. The Labute approximate surface area is 153 Å². The van der Waals surface area contributed by atoms with Crippen molar-refractivity contribution in [2.45, 2.75) is 6.54 Å². The van der Waals surface area contributed by atoms with Gasteiger partial charge in [0, 0.05) is 35.8 Å².